The third-order valence-electron chi connectivity index (χ3n) is 6.50. The predicted octanol–water partition coefficient (Wildman–Crippen LogP) is 9.00. The zero-order valence-corrected chi connectivity index (χ0v) is 22.2. The summed E-state index contributed by atoms with van der Waals surface area (Å²) < 4.78 is 11.5. The van der Waals surface area contributed by atoms with Crippen LogP contribution in [0.1, 0.15) is 155 Å². The maximum Gasteiger partial charge on any atom is 0.104 e. The number of aliphatic hydroxyl groups is 1. The second-order valence-electron chi connectivity index (χ2n) is 9.82. The molecule has 0 amide bonds. The maximum absolute atomic E-state index is 9.44. The molecule has 0 aromatic carbocycles. The summed E-state index contributed by atoms with van der Waals surface area (Å²) in [5, 5.41) is 9.44. The van der Waals surface area contributed by atoms with Crippen molar-refractivity contribution in [2.75, 3.05) is 26.4 Å². The Morgan fingerprint density at radius 2 is 0.812 bits per heavy atom. The molecule has 0 aromatic rings. The molecule has 0 bridgehead atoms. The Morgan fingerprint density at radius 1 is 0.469 bits per heavy atom. The van der Waals surface area contributed by atoms with Crippen molar-refractivity contribution < 1.29 is 14.6 Å². The average molecular weight is 457 g/mol. The highest BCUT2D eigenvalue weighted by Gasteiger charge is 2.07. The van der Waals surface area contributed by atoms with Crippen LogP contribution >= 0.6 is 0 Å². The summed E-state index contributed by atoms with van der Waals surface area (Å²) in [4.78, 5) is 0. The molecule has 0 spiro atoms. The van der Waals surface area contributed by atoms with Gasteiger partial charge in [-0.2, -0.15) is 0 Å². The molecule has 0 aliphatic heterocycles. The van der Waals surface area contributed by atoms with E-state index in [1.807, 2.05) is 0 Å². The molecule has 194 valence electrons. The molecule has 0 fully saturated rings. The molecule has 0 saturated heterocycles. The molecule has 0 aliphatic carbocycles. The molecule has 32 heavy (non-hydrogen) atoms. The van der Waals surface area contributed by atoms with Gasteiger partial charge >= 0.3 is 0 Å². The van der Waals surface area contributed by atoms with E-state index in [1.165, 1.54) is 128 Å². The Hall–Kier alpha value is -0.120. The molecule has 3 nitrogen and oxygen atoms in total. The van der Waals surface area contributed by atoms with Gasteiger partial charge in [-0.1, -0.05) is 142 Å². The van der Waals surface area contributed by atoms with Gasteiger partial charge in [-0.15, -0.1) is 0 Å². The van der Waals surface area contributed by atoms with Crippen molar-refractivity contribution in [2.24, 2.45) is 0 Å². The lowest BCUT2D eigenvalue weighted by Crippen LogP contribution is -2.24. The molecular formula is C29H60O3. The Balaban J connectivity index is 3.21. The first-order valence-corrected chi connectivity index (χ1v) is 14.6. The maximum atomic E-state index is 9.44. The summed E-state index contributed by atoms with van der Waals surface area (Å²) in [6.45, 7) is 6.68. The normalized spacial score (nSPS) is 12.5. The SMILES string of the molecule is CCCCCCCCCCCCCCCCCCOCC(CO)OCCCCCCCC. The van der Waals surface area contributed by atoms with E-state index in [0.29, 0.717) is 6.61 Å². The van der Waals surface area contributed by atoms with Gasteiger partial charge in [0.2, 0.25) is 0 Å². The zero-order valence-electron chi connectivity index (χ0n) is 22.2. The van der Waals surface area contributed by atoms with Gasteiger partial charge in [-0.25, -0.2) is 0 Å². The van der Waals surface area contributed by atoms with Gasteiger partial charge < -0.3 is 14.6 Å². The van der Waals surface area contributed by atoms with E-state index in [0.717, 1.165) is 26.1 Å². The zero-order chi connectivity index (χ0) is 23.4. The van der Waals surface area contributed by atoms with Crippen molar-refractivity contribution in [3.63, 3.8) is 0 Å². The molecule has 0 saturated carbocycles. The highest BCUT2D eigenvalue weighted by molar-refractivity contribution is 4.55. The van der Waals surface area contributed by atoms with Crippen LogP contribution in [0.5, 0.6) is 0 Å². The first-order valence-electron chi connectivity index (χ1n) is 14.6. The Bertz CT molecular complexity index is 322. The Labute approximate surface area is 202 Å². The van der Waals surface area contributed by atoms with Crippen LogP contribution in [0.15, 0.2) is 0 Å². The van der Waals surface area contributed by atoms with Crippen molar-refractivity contribution >= 4 is 0 Å². The van der Waals surface area contributed by atoms with Crippen LogP contribution in [-0.2, 0) is 9.47 Å². The van der Waals surface area contributed by atoms with Gasteiger partial charge in [-0.05, 0) is 12.8 Å². The second-order valence-corrected chi connectivity index (χ2v) is 9.82. The van der Waals surface area contributed by atoms with E-state index < -0.39 is 0 Å². The van der Waals surface area contributed by atoms with Crippen molar-refractivity contribution in [1.29, 1.82) is 0 Å². The number of rotatable bonds is 28. The minimum Gasteiger partial charge on any atom is -0.394 e. The first-order chi connectivity index (χ1) is 15.8. The molecule has 0 heterocycles. The number of hydrogen-bond acceptors (Lipinski definition) is 3. The third kappa shape index (κ3) is 26.1. The Kier molecular flexibility index (Phi) is 28.8. The van der Waals surface area contributed by atoms with E-state index in [9.17, 15) is 5.11 Å². The lowest BCUT2D eigenvalue weighted by atomic mass is 10.0. The van der Waals surface area contributed by atoms with Gasteiger partial charge in [0, 0.05) is 13.2 Å². The molecule has 0 aliphatic rings. The number of aliphatic hydroxyl groups excluding tert-OH is 1. The molecule has 0 rings (SSSR count). The van der Waals surface area contributed by atoms with Crippen molar-refractivity contribution in [3.05, 3.63) is 0 Å². The fourth-order valence-electron chi connectivity index (χ4n) is 4.25. The van der Waals surface area contributed by atoms with Crippen LogP contribution in [0.4, 0.5) is 0 Å². The third-order valence-corrected chi connectivity index (χ3v) is 6.50. The van der Waals surface area contributed by atoms with Crippen molar-refractivity contribution in [2.45, 2.75) is 161 Å². The van der Waals surface area contributed by atoms with Crippen LogP contribution in [0, 0.1) is 0 Å². The average Bonchev–Trinajstić information content (AvgIpc) is 2.81. The summed E-state index contributed by atoms with van der Waals surface area (Å²) in [7, 11) is 0. The highest BCUT2D eigenvalue weighted by atomic mass is 16.5. The smallest absolute Gasteiger partial charge is 0.104 e. The minimum atomic E-state index is -0.147. The highest BCUT2D eigenvalue weighted by Crippen LogP contribution is 2.14. The molecule has 0 radical (unpaired) electrons. The standard InChI is InChI=1S/C29H60O3/c1-3-5-7-9-11-12-13-14-15-16-17-18-19-20-21-23-25-31-28-29(27-30)32-26-24-22-10-8-6-4-2/h29-30H,3-28H2,1-2H3. The van der Waals surface area contributed by atoms with Gasteiger partial charge in [0.15, 0.2) is 0 Å². The van der Waals surface area contributed by atoms with Crippen molar-refractivity contribution in [1.82, 2.24) is 0 Å². The van der Waals surface area contributed by atoms with Gasteiger partial charge in [0.1, 0.15) is 6.10 Å². The molecule has 1 atom stereocenters. The van der Waals surface area contributed by atoms with Gasteiger partial charge in [-0.3, -0.25) is 0 Å². The molecule has 3 heteroatoms. The van der Waals surface area contributed by atoms with Crippen LogP contribution in [0.25, 0.3) is 0 Å². The molecule has 0 aromatic heterocycles. The van der Waals surface area contributed by atoms with E-state index in [4.69, 9.17) is 9.47 Å². The van der Waals surface area contributed by atoms with Crippen molar-refractivity contribution in [3.8, 4) is 0 Å². The van der Waals surface area contributed by atoms with Crippen LogP contribution in [-0.4, -0.2) is 37.6 Å². The monoisotopic (exact) mass is 456 g/mol. The summed E-state index contributed by atoms with van der Waals surface area (Å²) in [6, 6.07) is 0. The van der Waals surface area contributed by atoms with E-state index in [-0.39, 0.29) is 12.7 Å². The quantitative estimate of drug-likeness (QED) is 0.119. The molecule has 1 unspecified atom stereocenters. The lowest BCUT2D eigenvalue weighted by Gasteiger charge is -2.15. The van der Waals surface area contributed by atoms with E-state index in [1.54, 1.807) is 0 Å². The summed E-state index contributed by atoms with van der Waals surface area (Å²) in [6.07, 6.45) is 29.7. The lowest BCUT2D eigenvalue weighted by molar-refractivity contribution is -0.0437. The number of hydrogen-bond donors (Lipinski definition) is 1. The van der Waals surface area contributed by atoms with E-state index in [2.05, 4.69) is 13.8 Å². The largest absolute Gasteiger partial charge is 0.394 e. The van der Waals surface area contributed by atoms with Crippen LogP contribution in [0.3, 0.4) is 0 Å². The summed E-state index contributed by atoms with van der Waals surface area (Å²) in [5.74, 6) is 0. The van der Waals surface area contributed by atoms with Crippen LogP contribution < -0.4 is 0 Å². The fourth-order valence-corrected chi connectivity index (χ4v) is 4.25. The van der Waals surface area contributed by atoms with Crippen LogP contribution in [0.2, 0.25) is 0 Å². The fraction of sp³-hybridized carbons (Fsp3) is 1.00. The van der Waals surface area contributed by atoms with E-state index >= 15 is 0 Å². The van der Waals surface area contributed by atoms with Gasteiger partial charge in [0.05, 0.1) is 13.2 Å². The minimum absolute atomic E-state index is 0.0643. The topological polar surface area (TPSA) is 38.7 Å². The summed E-state index contributed by atoms with van der Waals surface area (Å²) in [5.41, 5.74) is 0. The summed E-state index contributed by atoms with van der Waals surface area (Å²) >= 11 is 0. The first kappa shape index (κ1) is 31.9. The molecular weight excluding hydrogens is 396 g/mol. The predicted molar refractivity (Wildman–Crippen MR) is 141 cm³/mol. The number of ether oxygens (including phenoxy) is 2. The number of unbranched alkanes of at least 4 members (excludes halogenated alkanes) is 20. The van der Waals surface area contributed by atoms with Gasteiger partial charge in [0.25, 0.3) is 0 Å². The molecule has 1 N–H and O–H groups in total. The second kappa shape index (κ2) is 28.9. The Morgan fingerprint density at radius 3 is 1.19 bits per heavy atom.